The molecule has 0 fully saturated rings. The van der Waals surface area contributed by atoms with Crippen molar-refractivity contribution in [1.29, 1.82) is 0 Å². The molecule has 38 heavy (non-hydrogen) atoms. The molecule has 1 atom stereocenters. The van der Waals surface area contributed by atoms with Gasteiger partial charge in [-0.2, -0.15) is 9.36 Å². The Morgan fingerprint density at radius 1 is 0.842 bits per heavy atom. The predicted molar refractivity (Wildman–Crippen MR) is 149 cm³/mol. The van der Waals surface area contributed by atoms with Crippen molar-refractivity contribution < 1.29 is 14.3 Å². The molecule has 1 unspecified atom stereocenters. The highest BCUT2D eigenvalue weighted by atomic mass is 32.1. The molecule has 0 aliphatic heterocycles. The molecule has 0 spiro atoms. The van der Waals surface area contributed by atoms with Crippen LogP contribution in [0.4, 0.5) is 0 Å². The average molecular weight is 522 g/mol. The van der Waals surface area contributed by atoms with Gasteiger partial charge in [0.05, 0.1) is 13.2 Å². The third kappa shape index (κ3) is 6.44. The van der Waals surface area contributed by atoms with Crippen molar-refractivity contribution in [2.75, 3.05) is 7.11 Å². The van der Waals surface area contributed by atoms with Crippen molar-refractivity contribution in [3.8, 4) is 16.7 Å². The molecular weight excluding hydrogens is 494 g/mol. The van der Waals surface area contributed by atoms with Crippen LogP contribution >= 0.6 is 11.5 Å². The largest absolute Gasteiger partial charge is 0.493 e. The van der Waals surface area contributed by atoms with Gasteiger partial charge in [-0.3, -0.25) is 4.79 Å². The molecule has 0 bridgehead atoms. The fraction of sp³-hybridized carbons (Fsp3) is 0.129. The third-order valence-electron chi connectivity index (χ3n) is 6.07. The molecule has 0 aliphatic rings. The van der Waals surface area contributed by atoms with Crippen LogP contribution in [0, 0.1) is 0 Å². The van der Waals surface area contributed by atoms with Crippen LogP contribution in [0.25, 0.3) is 0 Å². The second kappa shape index (κ2) is 12.2. The highest BCUT2D eigenvalue weighted by Gasteiger charge is 2.19. The van der Waals surface area contributed by atoms with E-state index in [0.717, 1.165) is 16.7 Å². The Hall–Kier alpha value is -4.49. The molecule has 190 valence electrons. The first-order valence-corrected chi connectivity index (χ1v) is 13.1. The summed E-state index contributed by atoms with van der Waals surface area (Å²) in [5.41, 5.74) is 3.76. The van der Waals surface area contributed by atoms with E-state index >= 15 is 0 Å². The summed E-state index contributed by atoms with van der Waals surface area (Å²) in [5, 5.41) is 3.58. The van der Waals surface area contributed by atoms with Gasteiger partial charge in [-0.25, -0.2) is 0 Å². The summed E-state index contributed by atoms with van der Waals surface area (Å²) >= 11 is 1.17. The molecule has 5 aromatic rings. The summed E-state index contributed by atoms with van der Waals surface area (Å²) in [6.07, 6.45) is 1.29. The summed E-state index contributed by atoms with van der Waals surface area (Å²) in [4.78, 5) is 17.9. The zero-order valence-corrected chi connectivity index (χ0v) is 21.7. The summed E-state index contributed by atoms with van der Waals surface area (Å²) in [6.45, 7) is 0. The number of carbonyl (C=O) groups excluding carboxylic acids is 1. The van der Waals surface area contributed by atoms with E-state index in [1.54, 1.807) is 25.3 Å². The van der Waals surface area contributed by atoms with E-state index in [1.165, 1.54) is 11.5 Å². The van der Waals surface area contributed by atoms with E-state index < -0.39 is 0 Å². The van der Waals surface area contributed by atoms with Gasteiger partial charge >= 0.3 is 0 Å². The first kappa shape index (κ1) is 25.2. The van der Waals surface area contributed by atoms with Crippen molar-refractivity contribution in [3.63, 3.8) is 0 Å². The molecule has 0 saturated heterocycles. The van der Waals surface area contributed by atoms with Crippen molar-refractivity contribution in [3.05, 3.63) is 137 Å². The molecule has 1 aromatic heterocycles. The fourth-order valence-corrected chi connectivity index (χ4v) is 4.71. The van der Waals surface area contributed by atoms with Crippen LogP contribution in [0.3, 0.4) is 0 Å². The van der Waals surface area contributed by atoms with Crippen LogP contribution < -0.4 is 14.8 Å². The molecule has 0 saturated carbocycles. The fourth-order valence-electron chi connectivity index (χ4n) is 4.15. The van der Waals surface area contributed by atoms with Gasteiger partial charge in [0.15, 0.2) is 17.3 Å². The molecular formula is C31H27N3O3S. The number of ether oxygens (including phenoxy) is 2. The monoisotopic (exact) mass is 521 g/mol. The van der Waals surface area contributed by atoms with Crippen LogP contribution in [0.15, 0.2) is 109 Å². The Morgan fingerprint density at radius 3 is 2.18 bits per heavy atom. The first-order chi connectivity index (χ1) is 18.7. The van der Waals surface area contributed by atoms with Crippen LogP contribution in [0.5, 0.6) is 16.7 Å². The summed E-state index contributed by atoms with van der Waals surface area (Å²) in [5.74, 6) is 1.38. The standard InChI is InChI=1S/C31H27N3O3S/c1-36-27-18-17-25(21-28(27)37-31-33-29(34-38-31)20-23-13-7-3-8-14-23)30(35)32-26(24-15-9-4-10-16-24)19-22-11-5-2-6-12-22/h2-18,21,26H,19-20H2,1H3,(H,32,35). The number of aromatic nitrogens is 2. The van der Waals surface area contributed by atoms with Crippen LogP contribution in [0.2, 0.25) is 0 Å². The third-order valence-corrected chi connectivity index (χ3v) is 6.70. The number of carbonyl (C=O) groups is 1. The Balaban J connectivity index is 1.34. The van der Waals surface area contributed by atoms with E-state index in [0.29, 0.717) is 40.9 Å². The van der Waals surface area contributed by atoms with Gasteiger partial charge in [-0.15, -0.1) is 0 Å². The summed E-state index contributed by atoms with van der Waals surface area (Å²) < 4.78 is 15.9. The van der Waals surface area contributed by atoms with E-state index in [9.17, 15) is 4.79 Å². The molecule has 6 nitrogen and oxygen atoms in total. The lowest BCUT2D eigenvalue weighted by Crippen LogP contribution is -2.30. The smallest absolute Gasteiger partial charge is 0.298 e. The number of rotatable bonds is 10. The predicted octanol–water partition coefficient (Wildman–Crippen LogP) is 6.64. The topological polar surface area (TPSA) is 73.3 Å². The van der Waals surface area contributed by atoms with E-state index in [-0.39, 0.29) is 11.9 Å². The maximum absolute atomic E-state index is 13.4. The van der Waals surface area contributed by atoms with Gasteiger partial charge in [-0.05, 0) is 41.3 Å². The lowest BCUT2D eigenvalue weighted by Gasteiger charge is -2.20. The average Bonchev–Trinajstić information content (AvgIpc) is 3.40. The van der Waals surface area contributed by atoms with Crippen LogP contribution in [0.1, 0.15) is 38.9 Å². The zero-order valence-electron chi connectivity index (χ0n) is 20.9. The minimum Gasteiger partial charge on any atom is -0.493 e. The highest BCUT2D eigenvalue weighted by Crippen LogP contribution is 2.33. The molecule has 7 heteroatoms. The minimum absolute atomic E-state index is 0.193. The second-order valence-corrected chi connectivity index (χ2v) is 9.45. The summed E-state index contributed by atoms with van der Waals surface area (Å²) in [7, 11) is 1.56. The Bertz CT molecular complexity index is 1470. The van der Waals surface area contributed by atoms with Crippen LogP contribution in [-0.4, -0.2) is 22.4 Å². The molecule has 4 aromatic carbocycles. The van der Waals surface area contributed by atoms with Gasteiger partial charge in [0.1, 0.15) is 0 Å². The van der Waals surface area contributed by atoms with Gasteiger partial charge in [0.2, 0.25) is 0 Å². The maximum atomic E-state index is 13.4. The first-order valence-electron chi connectivity index (χ1n) is 12.3. The van der Waals surface area contributed by atoms with Gasteiger partial charge < -0.3 is 14.8 Å². The number of nitrogens with one attached hydrogen (secondary N) is 1. The van der Waals surface area contributed by atoms with Crippen LogP contribution in [-0.2, 0) is 12.8 Å². The molecule has 0 aliphatic carbocycles. The van der Waals surface area contributed by atoms with E-state index in [1.807, 2.05) is 78.9 Å². The lowest BCUT2D eigenvalue weighted by atomic mass is 9.98. The van der Waals surface area contributed by atoms with E-state index in [2.05, 4.69) is 26.8 Å². The maximum Gasteiger partial charge on any atom is 0.298 e. The Labute approximate surface area is 226 Å². The number of hydrogen-bond acceptors (Lipinski definition) is 6. The van der Waals surface area contributed by atoms with Gasteiger partial charge in [0.25, 0.3) is 11.1 Å². The molecule has 1 heterocycles. The highest BCUT2D eigenvalue weighted by molar-refractivity contribution is 7.07. The van der Waals surface area contributed by atoms with Crippen molar-refractivity contribution in [2.45, 2.75) is 18.9 Å². The Kier molecular flexibility index (Phi) is 8.06. The normalized spacial score (nSPS) is 11.5. The number of nitrogens with zero attached hydrogens (tertiary/aromatic N) is 2. The number of amides is 1. The molecule has 5 rings (SSSR count). The lowest BCUT2D eigenvalue weighted by molar-refractivity contribution is 0.0936. The second-order valence-electron chi connectivity index (χ2n) is 8.73. The number of benzene rings is 4. The Morgan fingerprint density at radius 2 is 1.50 bits per heavy atom. The SMILES string of the molecule is COc1ccc(C(=O)NC(Cc2ccccc2)c2ccccc2)cc1Oc1nc(Cc2ccccc2)ns1. The van der Waals surface area contributed by atoms with E-state index in [4.69, 9.17) is 9.47 Å². The zero-order chi connectivity index (χ0) is 26.2. The minimum atomic E-state index is -0.204. The molecule has 1 N–H and O–H groups in total. The van der Waals surface area contributed by atoms with Gasteiger partial charge in [-0.1, -0.05) is 91.0 Å². The molecule has 0 radical (unpaired) electrons. The summed E-state index contributed by atoms with van der Waals surface area (Å²) in [6, 6.07) is 35.1. The van der Waals surface area contributed by atoms with Crippen molar-refractivity contribution >= 4 is 17.4 Å². The van der Waals surface area contributed by atoms with Crippen molar-refractivity contribution in [1.82, 2.24) is 14.7 Å². The quantitative estimate of drug-likeness (QED) is 0.223. The van der Waals surface area contributed by atoms with Gasteiger partial charge in [0, 0.05) is 23.5 Å². The number of methoxy groups -OCH3 is 1. The molecule has 1 amide bonds. The van der Waals surface area contributed by atoms with Crippen molar-refractivity contribution in [2.24, 2.45) is 0 Å². The number of hydrogen-bond donors (Lipinski definition) is 1.